The highest BCUT2D eigenvalue weighted by Gasteiger charge is 2.22. The molecular formula is C22H28O2. The van der Waals surface area contributed by atoms with E-state index in [2.05, 4.69) is 62.4 Å². The molecule has 1 saturated carbocycles. The van der Waals surface area contributed by atoms with Gasteiger partial charge in [-0.1, -0.05) is 35.4 Å². The molecule has 128 valence electrons. The molecule has 1 aliphatic rings. The number of aryl methyl sites for hydroxylation is 2. The number of hydrogen-bond donors (Lipinski definition) is 0. The fourth-order valence-corrected chi connectivity index (χ4v) is 3.26. The summed E-state index contributed by atoms with van der Waals surface area (Å²) in [6.45, 7) is 5.89. The Labute approximate surface area is 145 Å². The smallest absolute Gasteiger partial charge is 0.119 e. The minimum atomic E-state index is 0.682. The summed E-state index contributed by atoms with van der Waals surface area (Å²) in [7, 11) is 0. The van der Waals surface area contributed by atoms with E-state index in [9.17, 15) is 0 Å². The van der Waals surface area contributed by atoms with Crippen LogP contribution < -0.4 is 9.47 Å². The van der Waals surface area contributed by atoms with Gasteiger partial charge in [-0.3, -0.25) is 0 Å². The summed E-state index contributed by atoms with van der Waals surface area (Å²) < 4.78 is 11.9. The summed E-state index contributed by atoms with van der Waals surface area (Å²) in [4.78, 5) is 0. The Morgan fingerprint density at radius 1 is 0.625 bits per heavy atom. The van der Waals surface area contributed by atoms with Gasteiger partial charge in [0.1, 0.15) is 11.5 Å². The van der Waals surface area contributed by atoms with E-state index < -0.39 is 0 Å². The second kappa shape index (κ2) is 8.23. The van der Waals surface area contributed by atoms with Crippen molar-refractivity contribution in [1.82, 2.24) is 0 Å². The van der Waals surface area contributed by atoms with Crippen molar-refractivity contribution in [3.05, 3.63) is 59.7 Å². The average molecular weight is 324 g/mol. The van der Waals surface area contributed by atoms with Crippen LogP contribution in [0.2, 0.25) is 0 Å². The van der Waals surface area contributed by atoms with Crippen LogP contribution in [0, 0.1) is 25.7 Å². The molecule has 0 N–H and O–H groups in total. The zero-order chi connectivity index (χ0) is 16.8. The Morgan fingerprint density at radius 3 is 1.29 bits per heavy atom. The molecule has 0 aliphatic heterocycles. The molecule has 0 spiro atoms. The molecule has 1 fully saturated rings. The molecule has 0 bridgehead atoms. The van der Waals surface area contributed by atoms with Crippen molar-refractivity contribution in [3.8, 4) is 11.5 Å². The Morgan fingerprint density at radius 2 is 0.958 bits per heavy atom. The second-order valence-electron chi connectivity index (χ2n) is 7.13. The quantitative estimate of drug-likeness (QED) is 0.692. The molecule has 0 amide bonds. The highest BCUT2D eigenvalue weighted by atomic mass is 16.5. The zero-order valence-corrected chi connectivity index (χ0v) is 14.8. The van der Waals surface area contributed by atoms with E-state index in [1.807, 2.05) is 0 Å². The van der Waals surface area contributed by atoms with Crippen molar-refractivity contribution >= 4 is 0 Å². The first-order valence-corrected chi connectivity index (χ1v) is 9.08. The van der Waals surface area contributed by atoms with Gasteiger partial charge in [0.05, 0.1) is 13.2 Å². The predicted molar refractivity (Wildman–Crippen MR) is 98.8 cm³/mol. The molecule has 0 aromatic heterocycles. The Bertz CT molecular complexity index is 550. The molecule has 2 aromatic carbocycles. The lowest BCUT2D eigenvalue weighted by Crippen LogP contribution is -2.23. The number of hydrogen-bond acceptors (Lipinski definition) is 2. The Hall–Kier alpha value is -1.96. The van der Waals surface area contributed by atoms with Crippen LogP contribution >= 0.6 is 0 Å². The standard InChI is InChI=1S/C22H28O2/c1-17-3-11-21(12-4-17)23-15-19-7-9-20(10-8-19)16-24-22-13-5-18(2)6-14-22/h3-6,11-14,19-20H,7-10,15-16H2,1-2H3. The van der Waals surface area contributed by atoms with Gasteiger partial charge in [0.25, 0.3) is 0 Å². The fourth-order valence-electron chi connectivity index (χ4n) is 3.26. The van der Waals surface area contributed by atoms with E-state index in [4.69, 9.17) is 9.47 Å². The summed E-state index contributed by atoms with van der Waals surface area (Å²) in [5.41, 5.74) is 2.55. The number of rotatable bonds is 6. The van der Waals surface area contributed by atoms with E-state index in [1.54, 1.807) is 0 Å². The van der Waals surface area contributed by atoms with Gasteiger partial charge in [-0.25, -0.2) is 0 Å². The lowest BCUT2D eigenvalue weighted by atomic mass is 9.83. The van der Waals surface area contributed by atoms with Gasteiger partial charge >= 0.3 is 0 Å². The van der Waals surface area contributed by atoms with Crippen LogP contribution in [-0.4, -0.2) is 13.2 Å². The first-order valence-electron chi connectivity index (χ1n) is 9.08. The topological polar surface area (TPSA) is 18.5 Å². The van der Waals surface area contributed by atoms with Crippen LogP contribution in [0.25, 0.3) is 0 Å². The summed E-state index contributed by atoms with van der Waals surface area (Å²) in [6, 6.07) is 16.7. The molecule has 1 aliphatic carbocycles. The van der Waals surface area contributed by atoms with E-state index in [0.29, 0.717) is 11.8 Å². The summed E-state index contributed by atoms with van der Waals surface area (Å²) in [6.07, 6.45) is 4.98. The van der Waals surface area contributed by atoms with Crippen LogP contribution in [0.15, 0.2) is 48.5 Å². The van der Waals surface area contributed by atoms with Crippen LogP contribution in [0.5, 0.6) is 11.5 Å². The largest absolute Gasteiger partial charge is 0.493 e. The normalized spacial score (nSPS) is 20.6. The number of ether oxygens (including phenoxy) is 2. The molecule has 0 saturated heterocycles. The average Bonchev–Trinajstić information content (AvgIpc) is 2.62. The highest BCUT2D eigenvalue weighted by molar-refractivity contribution is 5.27. The van der Waals surface area contributed by atoms with Gasteiger partial charge < -0.3 is 9.47 Å². The molecule has 2 aromatic rings. The van der Waals surface area contributed by atoms with Gasteiger partial charge in [0.2, 0.25) is 0 Å². The van der Waals surface area contributed by atoms with Crippen LogP contribution in [0.1, 0.15) is 36.8 Å². The second-order valence-corrected chi connectivity index (χ2v) is 7.13. The molecule has 3 rings (SSSR count). The summed E-state index contributed by atoms with van der Waals surface area (Å²) >= 11 is 0. The molecule has 0 atom stereocenters. The molecule has 0 heterocycles. The molecule has 24 heavy (non-hydrogen) atoms. The van der Waals surface area contributed by atoms with Crippen molar-refractivity contribution in [2.24, 2.45) is 11.8 Å². The molecule has 2 heteroatoms. The van der Waals surface area contributed by atoms with Crippen LogP contribution in [-0.2, 0) is 0 Å². The summed E-state index contributed by atoms with van der Waals surface area (Å²) in [5.74, 6) is 3.35. The third-order valence-corrected chi connectivity index (χ3v) is 4.98. The van der Waals surface area contributed by atoms with Gasteiger partial charge in [0.15, 0.2) is 0 Å². The van der Waals surface area contributed by atoms with Crippen molar-refractivity contribution in [3.63, 3.8) is 0 Å². The highest BCUT2D eigenvalue weighted by Crippen LogP contribution is 2.30. The molecule has 0 unspecified atom stereocenters. The lowest BCUT2D eigenvalue weighted by molar-refractivity contribution is 0.148. The van der Waals surface area contributed by atoms with Crippen molar-refractivity contribution in [1.29, 1.82) is 0 Å². The molecule has 0 radical (unpaired) electrons. The first kappa shape index (κ1) is 16.9. The van der Waals surface area contributed by atoms with E-state index in [0.717, 1.165) is 24.7 Å². The minimum absolute atomic E-state index is 0.682. The van der Waals surface area contributed by atoms with E-state index in [1.165, 1.54) is 36.8 Å². The minimum Gasteiger partial charge on any atom is -0.493 e. The van der Waals surface area contributed by atoms with Crippen LogP contribution in [0.4, 0.5) is 0 Å². The van der Waals surface area contributed by atoms with Crippen molar-refractivity contribution in [2.45, 2.75) is 39.5 Å². The van der Waals surface area contributed by atoms with Gasteiger partial charge in [-0.15, -0.1) is 0 Å². The summed E-state index contributed by atoms with van der Waals surface area (Å²) in [5, 5.41) is 0. The number of benzene rings is 2. The van der Waals surface area contributed by atoms with Gasteiger partial charge in [-0.2, -0.15) is 0 Å². The van der Waals surface area contributed by atoms with Crippen LogP contribution in [0.3, 0.4) is 0 Å². The third kappa shape index (κ3) is 5.02. The Balaban J connectivity index is 1.36. The third-order valence-electron chi connectivity index (χ3n) is 4.98. The van der Waals surface area contributed by atoms with Gasteiger partial charge in [-0.05, 0) is 75.6 Å². The maximum atomic E-state index is 5.94. The van der Waals surface area contributed by atoms with E-state index in [-0.39, 0.29) is 0 Å². The maximum Gasteiger partial charge on any atom is 0.119 e. The lowest BCUT2D eigenvalue weighted by Gasteiger charge is -2.28. The monoisotopic (exact) mass is 324 g/mol. The predicted octanol–water partition coefficient (Wildman–Crippen LogP) is 5.57. The molecular weight excluding hydrogens is 296 g/mol. The van der Waals surface area contributed by atoms with Gasteiger partial charge in [0, 0.05) is 0 Å². The van der Waals surface area contributed by atoms with Crippen molar-refractivity contribution < 1.29 is 9.47 Å². The first-order chi connectivity index (χ1) is 11.7. The Kier molecular flexibility index (Phi) is 5.79. The SMILES string of the molecule is Cc1ccc(OCC2CCC(COc3ccc(C)cc3)CC2)cc1. The maximum absolute atomic E-state index is 5.94. The fraction of sp³-hybridized carbons (Fsp3) is 0.455. The molecule has 2 nitrogen and oxygen atoms in total. The van der Waals surface area contributed by atoms with Crippen molar-refractivity contribution in [2.75, 3.05) is 13.2 Å². The van der Waals surface area contributed by atoms with E-state index >= 15 is 0 Å². The zero-order valence-electron chi connectivity index (χ0n) is 14.8.